The topological polar surface area (TPSA) is 287 Å². The number of benzene rings is 5. The van der Waals surface area contributed by atoms with Crippen LogP contribution in [0.25, 0.3) is 0 Å². The number of para-hydroxylation sites is 1. The van der Waals surface area contributed by atoms with Crippen molar-refractivity contribution in [1.29, 1.82) is 0 Å². The molecule has 8 amide bonds. The maximum absolute atomic E-state index is 14.8. The fourth-order valence-corrected chi connectivity index (χ4v) is 9.96. The number of piperidine rings is 1. The van der Waals surface area contributed by atoms with Gasteiger partial charge < -0.3 is 58.3 Å². The van der Waals surface area contributed by atoms with Gasteiger partial charge >= 0.3 is 0 Å². The molecule has 0 saturated carbocycles. The number of likely N-dealkylation sites (tertiary alicyclic amines) is 1. The predicted molar refractivity (Wildman–Crippen MR) is 315 cm³/mol. The van der Waals surface area contributed by atoms with Crippen molar-refractivity contribution in [3.05, 3.63) is 166 Å². The second kappa shape index (κ2) is 33.4. The third-order valence-corrected chi connectivity index (χ3v) is 15.0. The number of hydrogen-bond acceptors (Lipinski definition) is 11. The molecule has 0 radical (unpaired) electrons. The maximum atomic E-state index is 14.8. The summed E-state index contributed by atoms with van der Waals surface area (Å²) >= 11 is 6.09. The molecule has 0 spiro atoms. The van der Waals surface area contributed by atoms with E-state index in [1.807, 2.05) is 53.4 Å². The van der Waals surface area contributed by atoms with Gasteiger partial charge in [-0.2, -0.15) is 0 Å². The molecule has 0 bridgehead atoms. The number of amides is 8. The quantitative estimate of drug-likeness (QED) is 0.0125. The van der Waals surface area contributed by atoms with Crippen LogP contribution >= 0.6 is 11.6 Å². The summed E-state index contributed by atoms with van der Waals surface area (Å²) in [5.74, 6) is -18.7. The molecule has 1 heterocycles. The van der Waals surface area contributed by atoms with E-state index in [-0.39, 0.29) is 43.5 Å². The lowest BCUT2D eigenvalue weighted by molar-refractivity contribution is -0.134. The first-order chi connectivity index (χ1) is 41.6. The summed E-state index contributed by atoms with van der Waals surface area (Å²) < 4.78 is 72.1. The number of anilines is 1. The number of nitrogens with zero attached hydrogens (tertiary/aromatic N) is 2. The summed E-state index contributed by atoms with van der Waals surface area (Å²) in [7, 11) is 0. The molecule has 6 rings (SSSR count). The summed E-state index contributed by atoms with van der Waals surface area (Å²) in [5, 5.41) is 24.3. The lowest BCUT2D eigenvalue weighted by Gasteiger charge is -2.38. The molecule has 1 aliphatic rings. The van der Waals surface area contributed by atoms with Gasteiger partial charge in [0.1, 0.15) is 29.9 Å². The highest BCUT2D eigenvalue weighted by Gasteiger charge is 2.34. The number of rotatable bonds is 31. The highest BCUT2D eigenvalue weighted by atomic mass is 35.5. The standard InChI is InChI=1S/C62H72ClF5N10O9/c1-37(73-60(85)46(69)33-39-18-22-44(79)23-19-39)59(84)72-36-51(81)74-49(34-40-16-20-41(63)21-17-40)62(87)75-47(61(86)76-48(58(70)83)35-45-53(64)55(66)57(68)56(67)54(45)65)24-25-50(80)71-29-10-4-9-15-52(82)78(42-13-7-3-8-14-42)43-27-31-77(32-28-43)30-26-38-11-5-2-6-12-38/h2-3,5-8,11-14,16-23,37,43,46-49,79H,4,9-10,15,24-36,69H2,1H3,(H2,70,83)(H,71,80)(H,72,84)(H,73,85)(H,74,81)(H,75,87)(H,76,86)/t37-,46+,47+,48+,49+/m1/s1. The minimum Gasteiger partial charge on any atom is -0.508 e. The number of phenolic OH excluding ortho intramolecular Hbond substituents is 1. The van der Waals surface area contributed by atoms with Gasteiger partial charge in [-0.15, -0.1) is 0 Å². The van der Waals surface area contributed by atoms with Gasteiger partial charge in [-0.1, -0.05) is 90.8 Å². The molecule has 87 heavy (non-hydrogen) atoms. The van der Waals surface area contributed by atoms with Crippen LogP contribution < -0.4 is 48.3 Å². The Morgan fingerprint density at radius 1 is 0.609 bits per heavy atom. The van der Waals surface area contributed by atoms with Crippen LogP contribution in [0.3, 0.4) is 0 Å². The van der Waals surface area contributed by atoms with Gasteiger partial charge in [0.25, 0.3) is 0 Å². The molecule has 5 atom stereocenters. The Bertz CT molecular complexity index is 3140. The number of halogens is 6. The zero-order valence-corrected chi connectivity index (χ0v) is 48.7. The summed E-state index contributed by atoms with van der Waals surface area (Å²) in [6.45, 7) is 3.34. The van der Waals surface area contributed by atoms with Gasteiger partial charge in [0.2, 0.25) is 53.1 Å². The smallest absolute Gasteiger partial charge is 0.243 e. The first-order valence-corrected chi connectivity index (χ1v) is 28.9. The Kier molecular flexibility index (Phi) is 26.0. The Morgan fingerprint density at radius 2 is 1.18 bits per heavy atom. The largest absolute Gasteiger partial charge is 0.508 e. The van der Waals surface area contributed by atoms with E-state index >= 15 is 0 Å². The molecule has 5 aromatic carbocycles. The van der Waals surface area contributed by atoms with E-state index in [0.29, 0.717) is 35.4 Å². The zero-order chi connectivity index (χ0) is 63.2. The van der Waals surface area contributed by atoms with Crippen molar-refractivity contribution in [3.8, 4) is 5.75 Å². The molecular formula is C62H72ClF5N10O9. The first-order valence-electron chi connectivity index (χ1n) is 28.5. The number of nitrogens with one attached hydrogen (secondary N) is 6. The second-order valence-electron chi connectivity index (χ2n) is 21.3. The average Bonchev–Trinajstić information content (AvgIpc) is 2.05. The lowest BCUT2D eigenvalue weighted by Crippen LogP contribution is -2.58. The van der Waals surface area contributed by atoms with Crippen molar-refractivity contribution in [2.24, 2.45) is 11.5 Å². The highest BCUT2D eigenvalue weighted by molar-refractivity contribution is 6.30. The van der Waals surface area contributed by atoms with Crippen LogP contribution in [0, 0.1) is 29.1 Å². The molecule has 1 saturated heterocycles. The third kappa shape index (κ3) is 20.9. The van der Waals surface area contributed by atoms with Gasteiger partial charge in [-0.3, -0.25) is 38.4 Å². The predicted octanol–water partition coefficient (Wildman–Crippen LogP) is 4.85. The van der Waals surface area contributed by atoms with E-state index < -0.39 is 132 Å². The fraction of sp³-hybridized carbons (Fsp3) is 0.387. The normalized spacial score (nSPS) is 14.3. The number of phenols is 1. The van der Waals surface area contributed by atoms with Crippen molar-refractivity contribution >= 4 is 64.5 Å². The average molecular weight is 1230 g/mol. The van der Waals surface area contributed by atoms with E-state index in [2.05, 4.69) is 48.9 Å². The third-order valence-electron chi connectivity index (χ3n) is 14.7. The molecule has 5 aromatic rings. The maximum Gasteiger partial charge on any atom is 0.243 e. The zero-order valence-electron chi connectivity index (χ0n) is 47.9. The molecule has 0 aromatic heterocycles. The van der Waals surface area contributed by atoms with Crippen LogP contribution in [0.4, 0.5) is 27.6 Å². The Labute approximate surface area is 505 Å². The van der Waals surface area contributed by atoms with Crippen molar-refractivity contribution in [2.75, 3.05) is 37.6 Å². The number of carbonyl (C=O) groups excluding carboxylic acids is 8. The van der Waals surface area contributed by atoms with Crippen molar-refractivity contribution in [2.45, 2.75) is 120 Å². The molecular weight excluding hydrogens is 1160 g/mol. The highest BCUT2D eigenvalue weighted by Crippen LogP contribution is 2.27. The van der Waals surface area contributed by atoms with Crippen LogP contribution in [0.5, 0.6) is 5.75 Å². The second-order valence-corrected chi connectivity index (χ2v) is 21.7. The van der Waals surface area contributed by atoms with Gasteiger partial charge in [0.05, 0.1) is 12.6 Å². The van der Waals surface area contributed by atoms with E-state index in [0.717, 1.165) is 44.6 Å². The number of nitrogens with two attached hydrogens (primary N) is 2. The molecule has 11 N–H and O–H groups in total. The van der Waals surface area contributed by atoms with Gasteiger partial charge in [-0.25, -0.2) is 22.0 Å². The number of unbranched alkanes of at least 4 members (excludes halogenated alkanes) is 2. The summed E-state index contributed by atoms with van der Waals surface area (Å²) in [6.07, 6.45) is 1.73. The molecule has 0 unspecified atom stereocenters. The van der Waals surface area contributed by atoms with E-state index in [1.165, 1.54) is 48.9 Å². The fourth-order valence-electron chi connectivity index (χ4n) is 9.84. The Balaban J connectivity index is 1.08. The molecule has 1 aliphatic heterocycles. The minimum absolute atomic E-state index is 0.0109. The Hall–Kier alpha value is -8.48. The number of carbonyl (C=O) groups is 8. The van der Waals surface area contributed by atoms with Gasteiger partial charge in [0.15, 0.2) is 23.3 Å². The SMILES string of the molecule is C[C@@H](NC(=O)[C@@H](N)Cc1ccc(O)cc1)C(=O)NCC(=O)N[C@@H](Cc1ccc(Cl)cc1)C(=O)N[C@@H](CCC(=O)NCCCCCC(=O)N(c1ccccc1)C1CCN(CCc2ccccc2)CC1)C(=O)N[C@@H](Cc1c(F)c(F)c(F)c(F)c1F)C(N)=O. The van der Waals surface area contributed by atoms with Crippen LogP contribution in [-0.4, -0.2) is 126 Å². The molecule has 25 heteroatoms. The van der Waals surface area contributed by atoms with Crippen LogP contribution in [0.1, 0.15) is 80.5 Å². The van der Waals surface area contributed by atoms with E-state index in [1.54, 1.807) is 12.1 Å². The van der Waals surface area contributed by atoms with Crippen LogP contribution in [0.2, 0.25) is 5.02 Å². The molecule has 0 aliphatic carbocycles. The van der Waals surface area contributed by atoms with Gasteiger partial charge in [0, 0.05) is 74.2 Å². The molecule has 19 nitrogen and oxygen atoms in total. The lowest BCUT2D eigenvalue weighted by atomic mass is 10.0. The minimum atomic E-state index is -2.47. The molecule has 466 valence electrons. The van der Waals surface area contributed by atoms with Gasteiger partial charge in [-0.05, 0) is 105 Å². The number of hydrogen-bond donors (Lipinski definition) is 9. The number of primary amides is 1. The van der Waals surface area contributed by atoms with Crippen molar-refractivity contribution in [3.63, 3.8) is 0 Å². The van der Waals surface area contributed by atoms with E-state index in [9.17, 15) is 65.4 Å². The van der Waals surface area contributed by atoms with E-state index in [4.69, 9.17) is 23.1 Å². The summed E-state index contributed by atoms with van der Waals surface area (Å²) in [5.41, 5.74) is 13.1. The van der Waals surface area contributed by atoms with Crippen molar-refractivity contribution in [1.82, 2.24) is 36.8 Å². The van der Waals surface area contributed by atoms with Crippen LogP contribution in [0.15, 0.2) is 109 Å². The summed E-state index contributed by atoms with van der Waals surface area (Å²) in [6, 6.07) is 24.0. The monoisotopic (exact) mass is 1230 g/mol. The van der Waals surface area contributed by atoms with Crippen molar-refractivity contribution < 1.29 is 65.4 Å². The Morgan fingerprint density at radius 3 is 1.82 bits per heavy atom. The molecule has 1 fully saturated rings. The summed E-state index contributed by atoms with van der Waals surface area (Å²) in [4.78, 5) is 112. The van der Waals surface area contributed by atoms with Crippen LogP contribution in [-0.2, 0) is 64.0 Å². The number of aromatic hydroxyl groups is 1. The first kappa shape index (κ1) is 67.6.